The molecule has 2 aliphatic rings. The summed E-state index contributed by atoms with van der Waals surface area (Å²) in [5.74, 6) is -4.79. The first-order valence-corrected chi connectivity index (χ1v) is 20.4. The predicted octanol–water partition coefficient (Wildman–Crippen LogP) is 7.83. The van der Waals surface area contributed by atoms with Crippen LogP contribution >= 0.6 is 0 Å². The van der Waals surface area contributed by atoms with Gasteiger partial charge in [-0.3, -0.25) is 24.0 Å². The fraction of sp³-hybridized carbons (Fsp3) is 0.619. The number of carbonyl (C=O) groups excluding carboxylic acids is 3. The van der Waals surface area contributed by atoms with E-state index < -0.39 is 64.3 Å². The van der Waals surface area contributed by atoms with Crippen LogP contribution in [0.2, 0.25) is 0 Å². The third-order valence-electron chi connectivity index (χ3n) is 10.8. The van der Waals surface area contributed by atoms with Crippen LogP contribution in [0, 0.1) is 11.6 Å². The second kappa shape index (κ2) is 22.8. The molecule has 15 heteroatoms. The zero-order valence-electron chi connectivity index (χ0n) is 33.5. The summed E-state index contributed by atoms with van der Waals surface area (Å²) < 4.78 is 40.2. The number of benzene rings is 1. The number of hydrogen-bond acceptors (Lipinski definition) is 9. The Kier molecular flexibility index (Phi) is 18.0. The Labute approximate surface area is 333 Å². The number of carboxylic acids is 1. The number of ether oxygens (including phenoxy) is 2. The average Bonchev–Trinajstić information content (AvgIpc) is 3.32. The minimum absolute atomic E-state index is 0.00391. The molecule has 1 aromatic heterocycles. The van der Waals surface area contributed by atoms with E-state index in [0.717, 1.165) is 63.9 Å². The number of oxime groups is 1. The van der Waals surface area contributed by atoms with E-state index in [0.29, 0.717) is 25.3 Å². The molecule has 3 heterocycles. The summed E-state index contributed by atoms with van der Waals surface area (Å²) in [5.41, 5.74) is -1.57. The van der Waals surface area contributed by atoms with Gasteiger partial charge < -0.3 is 34.2 Å². The summed E-state index contributed by atoms with van der Waals surface area (Å²) in [4.78, 5) is 73.0. The molecule has 0 aliphatic carbocycles. The Balaban J connectivity index is 1.39. The molecule has 0 saturated carbocycles. The van der Waals surface area contributed by atoms with Crippen molar-refractivity contribution < 1.29 is 47.4 Å². The van der Waals surface area contributed by atoms with Crippen molar-refractivity contribution in [3.8, 4) is 5.75 Å². The van der Waals surface area contributed by atoms with E-state index in [-0.39, 0.29) is 49.1 Å². The van der Waals surface area contributed by atoms with Crippen molar-refractivity contribution >= 4 is 29.7 Å². The molecular weight excluding hydrogens is 742 g/mol. The molecule has 1 saturated heterocycles. The summed E-state index contributed by atoms with van der Waals surface area (Å²) >= 11 is 0. The Hall–Kier alpha value is -4.82. The molecule has 3 unspecified atom stereocenters. The maximum atomic E-state index is 14.4. The molecule has 314 valence electrons. The quantitative estimate of drug-likeness (QED) is 0.0375. The van der Waals surface area contributed by atoms with Gasteiger partial charge in [0.25, 0.3) is 11.8 Å². The van der Waals surface area contributed by atoms with Crippen LogP contribution in [0.5, 0.6) is 5.75 Å². The van der Waals surface area contributed by atoms with Crippen LogP contribution in [0.25, 0.3) is 0 Å². The SMILES string of the molecule is CO/C(C)=N/OC1CCC(C)N2CC1n1cc(C(=O)NCc3ccc(F)cc3F)c(=O)c(OC(=O)CCCCCCCCCCCCCCCCC(=O)O)c1C2=O. The van der Waals surface area contributed by atoms with E-state index in [1.807, 2.05) is 6.92 Å². The van der Waals surface area contributed by atoms with Gasteiger partial charge >= 0.3 is 11.9 Å². The van der Waals surface area contributed by atoms with Crippen molar-refractivity contribution in [1.29, 1.82) is 0 Å². The lowest BCUT2D eigenvalue weighted by atomic mass is 10.0. The maximum Gasteiger partial charge on any atom is 0.311 e. The van der Waals surface area contributed by atoms with Crippen LogP contribution in [-0.4, -0.2) is 70.0 Å². The predicted molar refractivity (Wildman–Crippen MR) is 209 cm³/mol. The van der Waals surface area contributed by atoms with Crippen LogP contribution in [0.3, 0.4) is 0 Å². The minimum atomic E-state index is -0.964. The van der Waals surface area contributed by atoms with Gasteiger partial charge in [-0.1, -0.05) is 88.3 Å². The number of aliphatic carboxylic acids is 1. The van der Waals surface area contributed by atoms with Crippen molar-refractivity contribution in [3.63, 3.8) is 0 Å². The smallest absolute Gasteiger partial charge is 0.311 e. The monoisotopic (exact) mass is 800 g/mol. The molecule has 4 rings (SSSR count). The first-order valence-electron chi connectivity index (χ1n) is 20.4. The number of unbranched alkanes of at least 4 members (excludes halogenated alkanes) is 13. The highest BCUT2D eigenvalue weighted by Crippen LogP contribution is 2.36. The number of pyridine rings is 1. The van der Waals surface area contributed by atoms with Gasteiger partial charge in [0.1, 0.15) is 23.3 Å². The van der Waals surface area contributed by atoms with Crippen LogP contribution < -0.4 is 15.5 Å². The highest BCUT2D eigenvalue weighted by atomic mass is 19.1. The number of nitrogens with zero attached hydrogens (tertiary/aromatic N) is 3. The molecule has 0 spiro atoms. The number of amides is 2. The van der Waals surface area contributed by atoms with Gasteiger partial charge in [0.2, 0.25) is 17.1 Å². The zero-order valence-corrected chi connectivity index (χ0v) is 33.5. The summed E-state index contributed by atoms with van der Waals surface area (Å²) in [5, 5.41) is 15.3. The number of carbonyl (C=O) groups is 4. The maximum absolute atomic E-state index is 14.4. The second-order valence-corrected chi connectivity index (χ2v) is 15.1. The number of esters is 1. The largest absolute Gasteiger partial charge is 0.482 e. The number of aromatic nitrogens is 1. The van der Waals surface area contributed by atoms with Crippen molar-refractivity contribution in [2.45, 2.75) is 154 Å². The fourth-order valence-corrected chi connectivity index (χ4v) is 7.34. The van der Waals surface area contributed by atoms with Gasteiger partial charge in [0, 0.05) is 56.7 Å². The summed E-state index contributed by atoms with van der Waals surface area (Å²) in [7, 11) is 1.45. The number of methoxy groups -OCH3 is 1. The molecule has 2 N–H and O–H groups in total. The number of hydrogen-bond donors (Lipinski definition) is 2. The van der Waals surface area contributed by atoms with Gasteiger partial charge in [-0.05, 0) is 38.7 Å². The lowest BCUT2D eigenvalue weighted by Gasteiger charge is -2.38. The third-order valence-corrected chi connectivity index (χ3v) is 10.8. The Morgan fingerprint density at radius 3 is 2.07 bits per heavy atom. The van der Waals surface area contributed by atoms with Crippen molar-refractivity contribution in [1.82, 2.24) is 14.8 Å². The number of halogens is 2. The molecule has 57 heavy (non-hydrogen) atoms. The molecule has 13 nitrogen and oxygen atoms in total. The van der Waals surface area contributed by atoms with E-state index in [1.54, 1.807) is 11.8 Å². The molecule has 1 aromatic carbocycles. The third kappa shape index (κ3) is 13.4. The molecule has 2 amide bonds. The molecule has 2 aromatic rings. The van der Waals surface area contributed by atoms with Crippen molar-refractivity contribution in [2.24, 2.45) is 5.16 Å². The average molecular weight is 801 g/mol. The van der Waals surface area contributed by atoms with Gasteiger partial charge in [0.05, 0.1) is 13.2 Å². The number of nitrogens with one attached hydrogen (secondary N) is 1. The molecule has 2 bridgehead atoms. The molecule has 2 aliphatic heterocycles. The van der Waals surface area contributed by atoms with Crippen LogP contribution in [-0.2, 0) is 25.7 Å². The summed E-state index contributed by atoms with van der Waals surface area (Å²) in [6.45, 7) is 3.32. The van der Waals surface area contributed by atoms with E-state index in [1.165, 1.54) is 49.6 Å². The van der Waals surface area contributed by atoms with Crippen molar-refractivity contribution in [3.05, 3.63) is 63.1 Å². The standard InChI is InChI=1S/C42H58F2N4O9/c1-28-20-23-35(57-46-29(2)55-3)34-27-47(28)42(54)38-40(39(52)32(26-48(34)38)41(53)45-25-30-21-22-31(43)24-33(30)44)56-37(51)19-17-15-13-11-9-7-5-4-6-8-10-12-14-16-18-36(49)50/h21-22,24,26,28,34-35H,4-20,23,25,27H2,1-3H3,(H,45,53)(H,49,50)/b46-29+. The Bertz CT molecular complexity index is 1780. The van der Waals surface area contributed by atoms with Gasteiger partial charge in [-0.25, -0.2) is 8.78 Å². The molecule has 1 fully saturated rings. The van der Waals surface area contributed by atoms with Crippen LogP contribution in [0.4, 0.5) is 8.78 Å². The van der Waals surface area contributed by atoms with Gasteiger partial charge in [-0.15, -0.1) is 0 Å². The topological polar surface area (TPSA) is 166 Å². The van der Waals surface area contributed by atoms with E-state index in [9.17, 15) is 32.8 Å². The zero-order chi connectivity index (χ0) is 41.3. The first-order chi connectivity index (χ1) is 27.4. The highest BCUT2D eigenvalue weighted by Gasteiger charge is 2.44. The number of fused-ring (bicyclic) bond motifs is 4. The molecule has 0 radical (unpaired) electrons. The lowest BCUT2D eigenvalue weighted by Crippen LogP contribution is -2.49. The fourth-order valence-electron chi connectivity index (χ4n) is 7.34. The highest BCUT2D eigenvalue weighted by molar-refractivity contribution is 6.00. The summed E-state index contributed by atoms with van der Waals surface area (Å²) in [6.07, 6.45) is 16.1. The van der Waals surface area contributed by atoms with Crippen molar-refractivity contribution in [2.75, 3.05) is 13.7 Å². The van der Waals surface area contributed by atoms with Crippen LogP contribution in [0.1, 0.15) is 162 Å². The molecular formula is C42H58F2N4O9. The number of rotatable bonds is 23. The van der Waals surface area contributed by atoms with E-state index in [2.05, 4.69) is 10.5 Å². The summed E-state index contributed by atoms with van der Waals surface area (Å²) in [6, 6.07) is 2.06. The molecule has 3 atom stereocenters. The van der Waals surface area contributed by atoms with Gasteiger partial charge in [0.15, 0.2) is 5.69 Å². The number of carboxylic acid groups (broad SMARTS) is 1. The van der Waals surface area contributed by atoms with E-state index >= 15 is 0 Å². The van der Waals surface area contributed by atoms with E-state index in [4.69, 9.17) is 19.4 Å². The van der Waals surface area contributed by atoms with Gasteiger partial charge in [-0.2, -0.15) is 0 Å². The minimum Gasteiger partial charge on any atom is -0.482 e. The first kappa shape index (κ1) is 44.9. The normalized spacial score (nSPS) is 17.8. The van der Waals surface area contributed by atoms with Crippen LogP contribution in [0.15, 0.2) is 34.3 Å². The second-order valence-electron chi connectivity index (χ2n) is 15.1. The lowest BCUT2D eigenvalue weighted by molar-refractivity contribution is -0.137. The Morgan fingerprint density at radius 2 is 1.49 bits per heavy atom. The Morgan fingerprint density at radius 1 is 0.895 bits per heavy atom.